The molecule has 1 aliphatic heterocycles. The molecule has 0 bridgehead atoms. The topological polar surface area (TPSA) is 58.6 Å². The molecule has 0 spiro atoms. The van der Waals surface area contributed by atoms with Crippen molar-refractivity contribution in [1.29, 1.82) is 0 Å². The first-order valence-electron chi connectivity index (χ1n) is 12.0. The Morgan fingerprint density at radius 1 is 0.886 bits per heavy atom. The molecule has 0 saturated carbocycles. The quantitative estimate of drug-likeness (QED) is 0.423. The van der Waals surface area contributed by atoms with Crippen LogP contribution >= 0.6 is 0 Å². The van der Waals surface area contributed by atoms with Gasteiger partial charge in [-0.1, -0.05) is 48.5 Å². The van der Waals surface area contributed by atoms with Crippen molar-refractivity contribution in [3.05, 3.63) is 94.9 Å². The summed E-state index contributed by atoms with van der Waals surface area (Å²) in [7, 11) is 1.68. The minimum atomic E-state index is 0.0926. The summed E-state index contributed by atoms with van der Waals surface area (Å²) in [6.45, 7) is 6.79. The number of aromatic nitrogens is 2. The van der Waals surface area contributed by atoms with Gasteiger partial charge in [-0.3, -0.25) is 4.79 Å². The summed E-state index contributed by atoms with van der Waals surface area (Å²) in [5.41, 5.74) is 4.09. The maximum absolute atomic E-state index is 13.4. The zero-order chi connectivity index (χ0) is 24.4. The molecule has 1 fully saturated rings. The Morgan fingerprint density at radius 2 is 1.60 bits per heavy atom. The molecule has 6 nitrogen and oxygen atoms in total. The summed E-state index contributed by atoms with van der Waals surface area (Å²) in [4.78, 5) is 27.1. The normalized spacial score (nSPS) is 13.8. The summed E-state index contributed by atoms with van der Waals surface area (Å²) >= 11 is 0. The summed E-state index contributed by atoms with van der Waals surface area (Å²) in [6.07, 6.45) is 0.751. The SMILES string of the molecule is COc1ccc(Cc2c(C)nc(C)nc2N2CCN(C(=O)c3cccc4ccccc34)CC2)cc1. The first-order valence-corrected chi connectivity index (χ1v) is 12.0. The van der Waals surface area contributed by atoms with Gasteiger partial charge in [0.1, 0.15) is 17.4 Å². The molecule has 0 unspecified atom stereocenters. The summed E-state index contributed by atoms with van der Waals surface area (Å²) < 4.78 is 5.30. The molecule has 178 valence electrons. The van der Waals surface area contributed by atoms with Gasteiger partial charge in [-0.05, 0) is 48.4 Å². The van der Waals surface area contributed by atoms with E-state index in [0.717, 1.165) is 64.5 Å². The minimum Gasteiger partial charge on any atom is -0.497 e. The van der Waals surface area contributed by atoms with Crippen molar-refractivity contribution in [1.82, 2.24) is 14.9 Å². The van der Waals surface area contributed by atoms with Gasteiger partial charge in [0, 0.05) is 49.4 Å². The van der Waals surface area contributed by atoms with Gasteiger partial charge < -0.3 is 14.5 Å². The Hall–Kier alpha value is -3.93. The van der Waals surface area contributed by atoms with Crippen LogP contribution in [-0.4, -0.2) is 54.1 Å². The number of hydrogen-bond donors (Lipinski definition) is 0. The average Bonchev–Trinajstić information content (AvgIpc) is 2.90. The molecule has 3 aromatic carbocycles. The van der Waals surface area contributed by atoms with Crippen LogP contribution in [-0.2, 0) is 6.42 Å². The number of ether oxygens (including phenoxy) is 1. The van der Waals surface area contributed by atoms with E-state index < -0.39 is 0 Å². The zero-order valence-electron chi connectivity index (χ0n) is 20.5. The van der Waals surface area contributed by atoms with Crippen molar-refractivity contribution >= 4 is 22.5 Å². The first kappa shape index (κ1) is 22.8. The summed E-state index contributed by atoms with van der Waals surface area (Å²) in [5, 5.41) is 2.10. The van der Waals surface area contributed by atoms with Crippen LogP contribution in [0.3, 0.4) is 0 Å². The molecule has 0 radical (unpaired) electrons. The third-order valence-corrected chi connectivity index (χ3v) is 6.73. The predicted molar refractivity (Wildman–Crippen MR) is 139 cm³/mol. The lowest BCUT2D eigenvalue weighted by Gasteiger charge is -2.36. The molecule has 1 aliphatic rings. The molecule has 0 N–H and O–H groups in total. The number of amides is 1. The third-order valence-electron chi connectivity index (χ3n) is 6.73. The van der Waals surface area contributed by atoms with Crippen LogP contribution in [0.4, 0.5) is 5.82 Å². The number of nitrogens with zero attached hydrogens (tertiary/aromatic N) is 4. The molecular formula is C29H30N4O2. The monoisotopic (exact) mass is 466 g/mol. The Kier molecular flexibility index (Phi) is 6.36. The molecule has 0 aliphatic carbocycles. The Bertz CT molecular complexity index is 1350. The van der Waals surface area contributed by atoms with Crippen LogP contribution in [0.5, 0.6) is 5.75 Å². The third kappa shape index (κ3) is 4.69. The van der Waals surface area contributed by atoms with Crippen LogP contribution in [0, 0.1) is 13.8 Å². The van der Waals surface area contributed by atoms with E-state index in [1.807, 2.05) is 66.4 Å². The minimum absolute atomic E-state index is 0.0926. The Balaban J connectivity index is 1.35. The number of aryl methyl sites for hydroxylation is 2. The molecule has 0 atom stereocenters. The van der Waals surface area contributed by atoms with Crippen molar-refractivity contribution in [2.45, 2.75) is 20.3 Å². The molecule has 1 saturated heterocycles. The van der Waals surface area contributed by atoms with E-state index >= 15 is 0 Å². The second-order valence-electron chi connectivity index (χ2n) is 8.99. The fraction of sp³-hybridized carbons (Fsp3) is 0.276. The molecule has 1 amide bonds. The predicted octanol–water partition coefficient (Wildman–Crippen LogP) is 4.81. The molecule has 2 heterocycles. The Morgan fingerprint density at radius 3 is 2.34 bits per heavy atom. The van der Waals surface area contributed by atoms with Crippen LogP contribution < -0.4 is 9.64 Å². The van der Waals surface area contributed by atoms with Gasteiger partial charge in [-0.25, -0.2) is 9.97 Å². The van der Waals surface area contributed by atoms with Gasteiger partial charge in [-0.2, -0.15) is 0 Å². The van der Waals surface area contributed by atoms with Crippen molar-refractivity contribution in [2.75, 3.05) is 38.2 Å². The maximum Gasteiger partial charge on any atom is 0.254 e. The number of carbonyl (C=O) groups is 1. The van der Waals surface area contributed by atoms with Gasteiger partial charge in [-0.15, -0.1) is 0 Å². The highest BCUT2D eigenvalue weighted by atomic mass is 16.5. The van der Waals surface area contributed by atoms with Crippen molar-refractivity contribution in [3.8, 4) is 5.75 Å². The number of hydrogen-bond acceptors (Lipinski definition) is 5. The summed E-state index contributed by atoms with van der Waals surface area (Å²) in [6, 6.07) is 22.1. The Labute approximate surface area is 206 Å². The highest BCUT2D eigenvalue weighted by molar-refractivity contribution is 6.07. The number of anilines is 1. The maximum atomic E-state index is 13.4. The van der Waals surface area contributed by atoms with Crippen molar-refractivity contribution in [3.63, 3.8) is 0 Å². The summed E-state index contributed by atoms with van der Waals surface area (Å²) in [5.74, 6) is 2.68. The smallest absolute Gasteiger partial charge is 0.254 e. The van der Waals surface area contributed by atoms with E-state index in [4.69, 9.17) is 9.72 Å². The lowest BCUT2D eigenvalue weighted by atomic mass is 10.0. The second-order valence-corrected chi connectivity index (χ2v) is 8.99. The lowest BCUT2D eigenvalue weighted by molar-refractivity contribution is 0.0748. The fourth-order valence-electron chi connectivity index (χ4n) is 4.84. The number of piperazine rings is 1. The van der Waals surface area contributed by atoms with E-state index in [-0.39, 0.29) is 5.91 Å². The highest BCUT2D eigenvalue weighted by Crippen LogP contribution is 2.27. The van der Waals surface area contributed by atoms with Crippen LogP contribution in [0.25, 0.3) is 10.8 Å². The number of benzene rings is 3. The number of carbonyl (C=O) groups excluding carboxylic acids is 1. The van der Waals surface area contributed by atoms with Gasteiger partial charge >= 0.3 is 0 Å². The lowest BCUT2D eigenvalue weighted by Crippen LogP contribution is -2.49. The largest absolute Gasteiger partial charge is 0.497 e. The second kappa shape index (κ2) is 9.74. The number of rotatable bonds is 5. The number of fused-ring (bicyclic) bond motifs is 1. The molecule has 4 aromatic rings. The van der Waals surface area contributed by atoms with E-state index in [1.54, 1.807) is 7.11 Å². The van der Waals surface area contributed by atoms with Gasteiger partial charge in [0.2, 0.25) is 0 Å². The van der Waals surface area contributed by atoms with Gasteiger partial charge in [0.25, 0.3) is 5.91 Å². The van der Waals surface area contributed by atoms with E-state index in [1.165, 1.54) is 5.56 Å². The molecule has 35 heavy (non-hydrogen) atoms. The highest BCUT2D eigenvalue weighted by Gasteiger charge is 2.26. The molecule has 5 rings (SSSR count). The van der Waals surface area contributed by atoms with Crippen LogP contribution in [0.15, 0.2) is 66.7 Å². The van der Waals surface area contributed by atoms with E-state index in [0.29, 0.717) is 13.1 Å². The molecule has 6 heteroatoms. The fourth-order valence-corrected chi connectivity index (χ4v) is 4.84. The standard InChI is InChI=1S/C29H30N4O2/c1-20-27(19-22-11-13-24(35-3)14-12-22)28(31-21(2)30-20)32-15-17-33(18-16-32)29(34)26-10-6-8-23-7-4-5-9-25(23)26/h4-14H,15-19H2,1-3H3. The van der Waals surface area contributed by atoms with Gasteiger partial charge in [0.05, 0.1) is 7.11 Å². The van der Waals surface area contributed by atoms with Gasteiger partial charge in [0.15, 0.2) is 0 Å². The van der Waals surface area contributed by atoms with Crippen molar-refractivity contribution < 1.29 is 9.53 Å². The van der Waals surface area contributed by atoms with Crippen LogP contribution in [0.2, 0.25) is 0 Å². The zero-order valence-corrected chi connectivity index (χ0v) is 20.5. The molecular weight excluding hydrogens is 436 g/mol. The van der Waals surface area contributed by atoms with Crippen LogP contribution in [0.1, 0.15) is 33.0 Å². The molecule has 1 aromatic heterocycles. The average molecular weight is 467 g/mol. The van der Waals surface area contributed by atoms with Crippen molar-refractivity contribution in [2.24, 2.45) is 0 Å². The number of methoxy groups -OCH3 is 1. The first-order chi connectivity index (χ1) is 17.0. The van der Waals surface area contributed by atoms with E-state index in [2.05, 4.69) is 28.9 Å². The van der Waals surface area contributed by atoms with E-state index in [9.17, 15) is 4.79 Å².